The van der Waals surface area contributed by atoms with E-state index in [1.54, 1.807) is 6.26 Å². The molecule has 2 aromatic rings. The van der Waals surface area contributed by atoms with Crippen LogP contribution in [-0.4, -0.2) is 50.6 Å². The van der Waals surface area contributed by atoms with Crippen molar-refractivity contribution in [2.45, 2.75) is 25.4 Å². The van der Waals surface area contributed by atoms with E-state index in [0.717, 1.165) is 51.0 Å². The zero-order chi connectivity index (χ0) is 19.9. The number of benzene rings is 1. The molecule has 3 heterocycles. The molecule has 0 aliphatic carbocycles. The minimum absolute atomic E-state index is 0. The number of nitrogens with zero attached hydrogens (tertiary/aromatic N) is 3. The molecule has 1 atom stereocenters. The van der Waals surface area contributed by atoms with Crippen molar-refractivity contribution < 1.29 is 4.42 Å². The summed E-state index contributed by atoms with van der Waals surface area (Å²) in [5.41, 5.74) is 2.52. The molecule has 0 spiro atoms. The first kappa shape index (κ1) is 22.7. The third-order valence-corrected chi connectivity index (χ3v) is 5.69. The Morgan fingerprint density at radius 2 is 1.90 bits per heavy atom. The number of halogens is 1. The van der Waals surface area contributed by atoms with Crippen molar-refractivity contribution in [2.24, 2.45) is 4.99 Å². The minimum Gasteiger partial charge on any atom is -0.468 e. The topological polar surface area (TPSA) is 56.0 Å². The molecule has 1 unspecified atom stereocenters. The first-order valence-electron chi connectivity index (χ1n) is 10.5. The average molecular weight is 521 g/mol. The van der Waals surface area contributed by atoms with Gasteiger partial charge in [0, 0.05) is 38.9 Å². The Balaban J connectivity index is 0.00000256. The van der Waals surface area contributed by atoms with Crippen LogP contribution in [0.5, 0.6) is 0 Å². The van der Waals surface area contributed by atoms with Gasteiger partial charge in [-0.2, -0.15) is 0 Å². The number of furan rings is 1. The summed E-state index contributed by atoms with van der Waals surface area (Å²) in [5.74, 6) is 1.83. The van der Waals surface area contributed by atoms with Gasteiger partial charge in [-0.25, -0.2) is 0 Å². The fourth-order valence-electron chi connectivity index (χ4n) is 4.10. The molecule has 1 aromatic carbocycles. The number of guanidine groups is 1. The summed E-state index contributed by atoms with van der Waals surface area (Å²) >= 11 is 0. The molecule has 2 N–H and O–H groups in total. The highest BCUT2D eigenvalue weighted by Gasteiger charge is 2.25. The van der Waals surface area contributed by atoms with E-state index in [4.69, 9.17) is 4.42 Å². The van der Waals surface area contributed by atoms with Crippen LogP contribution in [0, 0.1) is 0 Å². The van der Waals surface area contributed by atoms with E-state index in [9.17, 15) is 0 Å². The van der Waals surface area contributed by atoms with Crippen LogP contribution >= 0.6 is 24.0 Å². The molecule has 6 nitrogen and oxygen atoms in total. The van der Waals surface area contributed by atoms with Crippen molar-refractivity contribution >= 4 is 35.6 Å². The molecule has 2 aliphatic rings. The largest absolute Gasteiger partial charge is 0.468 e. The van der Waals surface area contributed by atoms with E-state index in [-0.39, 0.29) is 30.0 Å². The lowest BCUT2D eigenvalue weighted by Crippen LogP contribution is -2.42. The third kappa shape index (κ3) is 5.78. The van der Waals surface area contributed by atoms with Crippen LogP contribution in [0.4, 0.5) is 5.69 Å². The van der Waals surface area contributed by atoms with Crippen molar-refractivity contribution in [2.75, 3.05) is 44.7 Å². The molecule has 2 aliphatic heterocycles. The number of likely N-dealkylation sites (tertiary alicyclic amines) is 1. The van der Waals surface area contributed by atoms with Crippen LogP contribution in [0.25, 0.3) is 0 Å². The molecule has 162 valence electrons. The second-order valence-corrected chi connectivity index (χ2v) is 7.63. The lowest BCUT2D eigenvalue weighted by atomic mass is 10.2. The van der Waals surface area contributed by atoms with E-state index in [2.05, 4.69) is 67.9 Å². The van der Waals surface area contributed by atoms with Gasteiger partial charge in [0.15, 0.2) is 5.96 Å². The van der Waals surface area contributed by atoms with Gasteiger partial charge in [0.1, 0.15) is 5.76 Å². The molecule has 0 saturated carbocycles. The molecular formula is C23H32IN5O. The van der Waals surface area contributed by atoms with Crippen molar-refractivity contribution in [1.29, 1.82) is 0 Å². The molecule has 30 heavy (non-hydrogen) atoms. The highest BCUT2D eigenvalue weighted by atomic mass is 127. The summed E-state index contributed by atoms with van der Waals surface area (Å²) < 4.78 is 5.71. The second kappa shape index (κ2) is 11.4. The molecule has 4 rings (SSSR count). The fourth-order valence-corrected chi connectivity index (χ4v) is 4.10. The molecule has 1 aromatic heterocycles. The number of rotatable bonds is 7. The summed E-state index contributed by atoms with van der Waals surface area (Å²) in [6, 6.07) is 13.0. The number of aliphatic imine (C=N–C) groups is 1. The zero-order valence-electron chi connectivity index (χ0n) is 17.6. The second-order valence-electron chi connectivity index (χ2n) is 7.63. The van der Waals surface area contributed by atoms with E-state index < -0.39 is 0 Å². The molecule has 7 heteroatoms. The Labute approximate surface area is 196 Å². The monoisotopic (exact) mass is 521 g/mol. The van der Waals surface area contributed by atoms with E-state index in [0.29, 0.717) is 0 Å². The van der Waals surface area contributed by atoms with Gasteiger partial charge in [0.25, 0.3) is 0 Å². The van der Waals surface area contributed by atoms with Crippen LogP contribution in [0.2, 0.25) is 0 Å². The van der Waals surface area contributed by atoms with E-state index >= 15 is 0 Å². The van der Waals surface area contributed by atoms with Gasteiger partial charge in [0.2, 0.25) is 0 Å². The number of nitrogens with one attached hydrogen (secondary N) is 2. The SMILES string of the molecule is CN=C(NCc1cccc(N2CC=CC2)c1)NCC(c1ccco1)N1CCCC1.I. The van der Waals surface area contributed by atoms with Gasteiger partial charge in [-0.1, -0.05) is 24.3 Å². The summed E-state index contributed by atoms with van der Waals surface area (Å²) in [5, 5.41) is 6.94. The van der Waals surface area contributed by atoms with Gasteiger partial charge in [-0.3, -0.25) is 9.89 Å². The van der Waals surface area contributed by atoms with Gasteiger partial charge >= 0.3 is 0 Å². The smallest absolute Gasteiger partial charge is 0.191 e. The van der Waals surface area contributed by atoms with Crippen LogP contribution in [0.1, 0.15) is 30.2 Å². The molecule has 0 amide bonds. The lowest BCUT2D eigenvalue weighted by Gasteiger charge is -2.26. The van der Waals surface area contributed by atoms with Crippen LogP contribution in [-0.2, 0) is 6.54 Å². The Hall–Kier alpha value is -2.00. The third-order valence-electron chi connectivity index (χ3n) is 5.69. The van der Waals surface area contributed by atoms with E-state index in [1.165, 1.54) is 24.1 Å². The number of anilines is 1. The van der Waals surface area contributed by atoms with Crippen LogP contribution in [0.15, 0.2) is 64.2 Å². The first-order valence-corrected chi connectivity index (χ1v) is 10.5. The maximum Gasteiger partial charge on any atom is 0.191 e. The maximum absolute atomic E-state index is 5.71. The molecule has 0 bridgehead atoms. The number of hydrogen-bond donors (Lipinski definition) is 2. The Morgan fingerprint density at radius 1 is 1.10 bits per heavy atom. The summed E-state index contributed by atoms with van der Waals surface area (Å²) in [4.78, 5) is 9.26. The molecule has 0 radical (unpaired) electrons. The van der Waals surface area contributed by atoms with Gasteiger partial charge in [0.05, 0.1) is 12.3 Å². The predicted octanol–water partition coefficient (Wildman–Crippen LogP) is 3.78. The molecular weight excluding hydrogens is 489 g/mol. The standard InChI is InChI=1S/C23H31N5O.HI/c1-24-23(25-17-19-8-6-9-20(16-19)27-11-2-3-12-27)26-18-21(22-10-7-15-29-22)28-13-4-5-14-28;/h2-3,6-10,15-16,21H,4-5,11-14,17-18H2,1H3,(H2,24,25,26);1H. The first-order chi connectivity index (χ1) is 14.3. The van der Waals surface area contributed by atoms with Crippen molar-refractivity contribution in [3.8, 4) is 0 Å². The molecule has 1 saturated heterocycles. The normalized spacial score (nSPS) is 17.8. The van der Waals surface area contributed by atoms with E-state index in [1.807, 2.05) is 13.1 Å². The van der Waals surface area contributed by atoms with Crippen molar-refractivity contribution in [3.05, 3.63) is 66.1 Å². The summed E-state index contributed by atoms with van der Waals surface area (Å²) in [6.07, 6.45) is 8.70. The minimum atomic E-state index is 0. The number of hydrogen-bond acceptors (Lipinski definition) is 4. The highest BCUT2D eigenvalue weighted by molar-refractivity contribution is 14.0. The van der Waals surface area contributed by atoms with Crippen molar-refractivity contribution in [1.82, 2.24) is 15.5 Å². The van der Waals surface area contributed by atoms with Gasteiger partial charge in [-0.15, -0.1) is 24.0 Å². The van der Waals surface area contributed by atoms with Crippen molar-refractivity contribution in [3.63, 3.8) is 0 Å². The highest BCUT2D eigenvalue weighted by Crippen LogP contribution is 2.25. The Bertz CT molecular complexity index is 822. The Kier molecular flexibility index (Phi) is 8.62. The molecule has 1 fully saturated rings. The lowest BCUT2D eigenvalue weighted by molar-refractivity contribution is 0.215. The van der Waals surface area contributed by atoms with Gasteiger partial charge in [-0.05, 0) is 55.8 Å². The van der Waals surface area contributed by atoms with Gasteiger partial charge < -0.3 is 20.0 Å². The quantitative estimate of drug-likeness (QED) is 0.252. The Morgan fingerprint density at radius 3 is 2.60 bits per heavy atom. The maximum atomic E-state index is 5.71. The van der Waals surface area contributed by atoms with Crippen LogP contribution in [0.3, 0.4) is 0 Å². The predicted molar refractivity (Wildman–Crippen MR) is 134 cm³/mol. The zero-order valence-corrected chi connectivity index (χ0v) is 19.9. The average Bonchev–Trinajstić information content (AvgIpc) is 3.54. The fraction of sp³-hybridized carbons (Fsp3) is 0.435. The summed E-state index contributed by atoms with van der Waals surface area (Å²) in [7, 11) is 1.82. The van der Waals surface area contributed by atoms with Crippen LogP contribution < -0.4 is 15.5 Å². The summed E-state index contributed by atoms with van der Waals surface area (Å²) in [6.45, 7) is 5.74.